The van der Waals surface area contributed by atoms with Gasteiger partial charge in [0.15, 0.2) is 25.2 Å². The number of carbonyl (C=O) groups is 1. The van der Waals surface area contributed by atoms with E-state index in [1.54, 1.807) is 0 Å². The smallest absolute Gasteiger partial charge is 0.310 e. The summed E-state index contributed by atoms with van der Waals surface area (Å²) in [6, 6.07) is 0. The van der Waals surface area contributed by atoms with Crippen molar-refractivity contribution in [3.63, 3.8) is 0 Å². The van der Waals surface area contributed by atoms with E-state index in [1.165, 1.54) is 5.57 Å². The number of allylic oxidation sites excluding steroid dienone is 2. The summed E-state index contributed by atoms with van der Waals surface area (Å²) < 4.78 is 48.9. The highest BCUT2D eigenvalue weighted by Gasteiger charge is 2.70. The zero-order valence-electron chi connectivity index (χ0n) is 44.3. The monoisotopic (exact) mass is 1070 g/mol. The fourth-order valence-electron chi connectivity index (χ4n) is 16.3. The van der Waals surface area contributed by atoms with Gasteiger partial charge >= 0.3 is 5.97 Å². The van der Waals surface area contributed by atoms with Crippen LogP contribution in [-0.4, -0.2) is 222 Å². The number of carboxylic acids is 1. The highest BCUT2D eigenvalue weighted by atomic mass is 16.8. The Bertz CT molecular complexity index is 2080. The molecule has 4 aliphatic heterocycles. The molecule has 4 saturated heterocycles. The average molecular weight is 1080 g/mol. The van der Waals surface area contributed by atoms with Gasteiger partial charge in [0.1, 0.15) is 85.0 Å². The van der Waals surface area contributed by atoms with E-state index in [-0.39, 0.29) is 39.4 Å². The molecule has 0 radical (unpaired) electrons. The van der Waals surface area contributed by atoms with Gasteiger partial charge < -0.3 is 104 Å². The second-order valence-electron chi connectivity index (χ2n) is 26.0. The summed E-state index contributed by atoms with van der Waals surface area (Å²) in [7, 11) is 0. The van der Waals surface area contributed by atoms with E-state index in [1.807, 2.05) is 0 Å². The minimum atomic E-state index is -2.15. The van der Waals surface area contributed by atoms with Crippen LogP contribution < -0.4 is 0 Å². The maximum atomic E-state index is 13.2. The third-order valence-electron chi connectivity index (χ3n) is 21.2. The van der Waals surface area contributed by atoms with Gasteiger partial charge in [0.05, 0.1) is 44.6 Å². The SMILES string of the molecule is CC1(C)CC[C@@]2(C(=O)O)CC[C@@]3(C)C(=CC[C@@H]4[C@]5(C)CC[C@H](O[C@H]6O[C@@H](CO)[C@H](O)[C@H](O[C@H]7O[C@@H](CO)[C@H](O)[C@H](O[C@@H]8OC[C@@](O)(CO)[C@H]8O)[C@H]7O)[C@H]6O[C@H]6O[C@H](CO)[C@H](O)[C@H](O)[C@H]6O)C(C)(C)[C@H]5CC[C@]43C)[C@H]2C1. The van der Waals surface area contributed by atoms with E-state index in [4.69, 9.17) is 37.9 Å². The minimum Gasteiger partial charge on any atom is -0.481 e. The Balaban J connectivity index is 1.01. The van der Waals surface area contributed by atoms with Crippen molar-refractivity contribution in [3.05, 3.63) is 11.6 Å². The minimum absolute atomic E-state index is 0.0259. The topological polar surface area (TPSA) is 354 Å². The molecular weight excluding hydrogens is 989 g/mol. The van der Waals surface area contributed by atoms with Crippen molar-refractivity contribution in [1.82, 2.24) is 0 Å². The van der Waals surface area contributed by atoms with Crippen molar-refractivity contribution in [2.24, 2.45) is 50.2 Å². The van der Waals surface area contributed by atoms with E-state index < -0.39 is 166 Å². The standard InChI is InChI=1S/C53H86O22/c1-47(2)14-16-52(46(65)66)17-15-50(6)24(25(52)18-47)8-9-30-49(5)12-11-31(48(3,4)29(49)10-13-51(30,50)7)72-44-40(75-42-36(62)35(61)32(58)26(19-54)69-42)39(34(60)28(21-56)71-44)74-43-37(63)38(33(59)27(20-55)70-43)73-45-41(64)53(67,22-57)23-68-45/h8,25-45,54-64,67H,9-23H2,1-7H3,(H,65,66)/t25-,26-,27+,28+,29-,30-,31+,32+,33+,34+,35+,36-,37-,38+,39+,40-,41+,42-,43-,44-,45+,49-,50+,51-,52-,53+/m1/s1. The van der Waals surface area contributed by atoms with Gasteiger partial charge in [-0.25, -0.2) is 0 Å². The predicted molar refractivity (Wildman–Crippen MR) is 257 cm³/mol. The number of aliphatic hydroxyl groups excluding tert-OH is 11. The molecule has 75 heavy (non-hydrogen) atoms. The maximum absolute atomic E-state index is 13.2. The van der Waals surface area contributed by atoms with Crippen LogP contribution in [0.5, 0.6) is 0 Å². The van der Waals surface area contributed by atoms with E-state index in [9.17, 15) is 71.2 Å². The molecule has 9 aliphatic rings. The Morgan fingerprint density at radius 3 is 1.80 bits per heavy atom. The molecule has 4 heterocycles. The predicted octanol–water partition coefficient (Wildman–Crippen LogP) is -0.829. The molecule has 9 rings (SSSR count). The van der Waals surface area contributed by atoms with Crippen molar-refractivity contribution in [2.45, 2.75) is 229 Å². The summed E-state index contributed by atoms with van der Waals surface area (Å²) in [5, 5.41) is 141. The molecule has 22 heteroatoms. The van der Waals surface area contributed by atoms with Crippen LogP contribution in [0, 0.1) is 50.2 Å². The highest BCUT2D eigenvalue weighted by molar-refractivity contribution is 5.76. The van der Waals surface area contributed by atoms with Crippen molar-refractivity contribution < 1.29 is 109 Å². The number of ether oxygens (including phenoxy) is 8. The Kier molecular flexibility index (Phi) is 16.1. The largest absolute Gasteiger partial charge is 0.481 e. The highest BCUT2D eigenvalue weighted by Crippen LogP contribution is 2.76. The lowest BCUT2D eigenvalue weighted by Gasteiger charge is -2.71. The first-order valence-corrected chi connectivity index (χ1v) is 27.2. The number of rotatable bonds is 13. The van der Waals surface area contributed by atoms with Gasteiger partial charge in [0.25, 0.3) is 0 Å². The lowest BCUT2D eigenvalue weighted by molar-refractivity contribution is -0.402. The van der Waals surface area contributed by atoms with Crippen LogP contribution in [0.25, 0.3) is 0 Å². The van der Waals surface area contributed by atoms with Crippen LogP contribution in [0.15, 0.2) is 11.6 Å². The molecular formula is C53H86O22. The zero-order valence-corrected chi connectivity index (χ0v) is 44.3. The van der Waals surface area contributed by atoms with Crippen molar-refractivity contribution in [2.75, 3.05) is 33.0 Å². The fourth-order valence-corrected chi connectivity index (χ4v) is 16.3. The third kappa shape index (κ3) is 9.31. The number of hydrogen-bond acceptors (Lipinski definition) is 21. The molecule has 22 nitrogen and oxygen atoms in total. The number of aliphatic hydroxyl groups is 12. The van der Waals surface area contributed by atoms with Crippen LogP contribution >= 0.6 is 0 Å². The average Bonchev–Trinajstić information content (AvgIpc) is 3.65. The molecule has 0 unspecified atom stereocenters. The van der Waals surface area contributed by atoms with Gasteiger partial charge in [-0.3, -0.25) is 4.79 Å². The molecule has 0 aromatic heterocycles. The summed E-state index contributed by atoms with van der Waals surface area (Å²) in [6.45, 7) is 12.1. The van der Waals surface area contributed by atoms with Gasteiger partial charge in [0.2, 0.25) is 0 Å². The number of hydrogen-bond donors (Lipinski definition) is 13. The van der Waals surface area contributed by atoms with Crippen LogP contribution in [0.1, 0.15) is 113 Å². The zero-order chi connectivity index (χ0) is 54.7. The Labute approximate surface area is 437 Å². The molecule has 4 saturated carbocycles. The Hall–Kier alpha value is -1.59. The summed E-state index contributed by atoms with van der Waals surface area (Å²) >= 11 is 0. The van der Waals surface area contributed by atoms with Gasteiger partial charge in [-0.05, 0) is 109 Å². The maximum Gasteiger partial charge on any atom is 0.310 e. The van der Waals surface area contributed by atoms with Crippen LogP contribution in [0.2, 0.25) is 0 Å². The van der Waals surface area contributed by atoms with Gasteiger partial charge in [-0.2, -0.15) is 0 Å². The second kappa shape index (κ2) is 20.7. The molecule has 0 amide bonds. The fraction of sp³-hybridized carbons (Fsp3) is 0.943. The van der Waals surface area contributed by atoms with Crippen LogP contribution in [0.4, 0.5) is 0 Å². The summed E-state index contributed by atoms with van der Waals surface area (Å²) in [5.74, 6) is -0.396. The molecule has 430 valence electrons. The summed E-state index contributed by atoms with van der Waals surface area (Å²) in [4.78, 5) is 13.2. The molecule has 0 spiro atoms. The van der Waals surface area contributed by atoms with E-state index in [0.29, 0.717) is 19.3 Å². The second-order valence-corrected chi connectivity index (χ2v) is 26.0. The lowest BCUT2D eigenvalue weighted by Crippen LogP contribution is -2.68. The first-order valence-electron chi connectivity index (χ1n) is 27.2. The molecule has 26 atom stereocenters. The molecule has 8 fully saturated rings. The molecule has 0 aromatic rings. The van der Waals surface area contributed by atoms with Crippen molar-refractivity contribution in [3.8, 4) is 0 Å². The van der Waals surface area contributed by atoms with Crippen LogP contribution in [0.3, 0.4) is 0 Å². The first-order chi connectivity index (χ1) is 35.1. The molecule has 13 N–H and O–H groups in total. The number of fused-ring (bicyclic) bond motifs is 7. The van der Waals surface area contributed by atoms with E-state index in [2.05, 4.69) is 54.5 Å². The summed E-state index contributed by atoms with van der Waals surface area (Å²) in [6.07, 6.45) is -20.4. The number of aliphatic carboxylic acids is 1. The summed E-state index contributed by atoms with van der Waals surface area (Å²) in [5.41, 5.74) is -2.72. The Morgan fingerprint density at radius 1 is 0.613 bits per heavy atom. The molecule has 0 bridgehead atoms. The Morgan fingerprint density at radius 2 is 1.19 bits per heavy atom. The van der Waals surface area contributed by atoms with Gasteiger partial charge in [0, 0.05) is 0 Å². The first kappa shape index (κ1) is 58.1. The molecule has 5 aliphatic carbocycles. The third-order valence-corrected chi connectivity index (χ3v) is 21.2. The molecule has 0 aromatic carbocycles. The van der Waals surface area contributed by atoms with Crippen molar-refractivity contribution in [1.29, 1.82) is 0 Å². The normalized spacial score (nSPS) is 53.4. The lowest BCUT2D eigenvalue weighted by atomic mass is 9.33. The van der Waals surface area contributed by atoms with E-state index >= 15 is 0 Å². The van der Waals surface area contributed by atoms with Gasteiger partial charge in [-0.15, -0.1) is 0 Å². The van der Waals surface area contributed by atoms with E-state index in [0.717, 1.165) is 44.9 Å². The van der Waals surface area contributed by atoms with Gasteiger partial charge in [-0.1, -0.05) is 60.1 Å². The quantitative estimate of drug-likeness (QED) is 0.0791. The number of carboxylic acid groups (broad SMARTS) is 1. The van der Waals surface area contributed by atoms with Crippen LogP contribution in [-0.2, 0) is 42.7 Å². The van der Waals surface area contributed by atoms with Crippen molar-refractivity contribution >= 4 is 5.97 Å².